The number of aryl methyl sites for hydroxylation is 1. The van der Waals surface area contributed by atoms with Crippen LogP contribution in [-0.4, -0.2) is 46.5 Å². The van der Waals surface area contributed by atoms with Crippen molar-refractivity contribution < 1.29 is 19.8 Å². The van der Waals surface area contributed by atoms with Gasteiger partial charge in [0.25, 0.3) is 0 Å². The van der Waals surface area contributed by atoms with Gasteiger partial charge in [0.1, 0.15) is 13.1 Å². The van der Waals surface area contributed by atoms with E-state index in [0.717, 1.165) is 16.1 Å². The minimum absolute atomic E-state index is 0.450. The Kier molecular flexibility index (Phi) is 4.86. The SMILES string of the molecule is Cc1ccccc1/C=N\N(CC(=O)O)CC(=O)O. The van der Waals surface area contributed by atoms with E-state index in [4.69, 9.17) is 10.2 Å². The van der Waals surface area contributed by atoms with Crippen LogP contribution >= 0.6 is 0 Å². The molecule has 0 radical (unpaired) electrons. The van der Waals surface area contributed by atoms with Gasteiger partial charge in [-0.1, -0.05) is 24.3 Å². The highest BCUT2D eigenvalue weighted by Crippen LogP contribution is 2.04. The molecular formula is C12H14N2O4. The van der Waals surface area contributed by atoms with Crippen LogP contribution in [0.15, 0.2) is 29.4 Å². The van der Waals surface area contributed by atoms with Crippen LogP contribution in [0.4, 0.5) is 0 Å². The molecule has 6 nitrogen and oxygen atoms in total. The minimum Gasteiger partial charge on any atom is -0.480 e. The second-order valence-corrected chi connectivity index (χ2v) is 3.71. The van der Waals surface area contributed by atoms with Gasteiger partial charge in [-0.15, -0.1) is 0 Å². The van der Waals surface area contributed by atoms with Gasteiger partial charge in [0.05, 0.1) is 6.21 Å². The molecule has 6 heteroatoms. The quantitative estimate of drug-likeness (QED) is 0.575. The number of hydrogen-bond acceptors (Lipinski definition) is 4. The highest BCUT2D eigenvalue weighted by atomic mass is 16.4. The lowest BCUT2D eigenvalue weighted by Crippen LogP contribution is -2.30. The van der Waals surface area contributed by atoms with Crippen molar-refractivity contribution in [2.24, 2.45) is 5.10 Å². The van der Waals surface area contributed by atoms with Crippen LogP contribution in [0.25, 0.3) is 0 Å². The van der Waals surface area contributed by atoms with Crippen molar-refractivity contribution in [3.05, 3.63) is 35.4 Å². The molecular weight excluding hydrogens is 236 g/mol. The summed E-state index contributed by atoms with van der Waals surface area (Å²) in [7, 11) is 0. The van der Waals surface area contributed by atoms with Crippen molar-refractivity contribution in [1.29, 1.82) is 0 Å². The molecule has 0 atom stereocenters. The maximum absolute atomic E-state index is 10.6. The molecule has 0 amide bonds. The molecule has 0 aliphatic carbocycles. The third-order valence-corrected chi connectivity index (χ3v) is 2.18. The molecule has 96 valence electrons. The zero-order valence-corrected chi connectivity index (χ0v) is 9.91. The van der Waals surface area contributed by atoms with Gasteiger partial charge in [-0.25, -0.2) is 0 Å². The summed E-state index contributed by atoms with van der Waals surface area (Å²) < 4.78 is 0. The summed E-state index contributed by atoms with van der Waals surface area (Å²) in [5, 5.41) is 22.1. The Morgan fingerprint density at radius 1 is 1.22 bits per heavy atom. The molecule has 0 aliphatic rings. The average molecular weight is 250 g/mol. The number of hydrazone groups is 1. The molecule has 1 rings (SSSR count). The maximum atomic E-state index is 10.6. The van der Waals surface area contributed by atoms with Crippen LogP contribution in [0, 0.1) is 6.92 Å². The Morgan fingerprint density at radius 2 is 1.78 bits per heavy atom. The first kappa shape index (κ1) is 13.7. The van der Waals surface area contributed by atoms with Gasteiger partial charge in [-0.3, -0.25) is 14.6 Å². The zero-order chi connectivity index (χ0) is 13.5. The monoisotopic (exact) mass is 250 g/mol. The van der Waals surface area contributed by atoms with E-state index in [0.29, 0.717) is 0 Å². The Bertz CT molecular complexity index is 455. The number of nitrogens with zero attached hydrogens (tertiary/aromatic N) is 2. The number of carbonyl (C=O) groups is 2. The third-order valence-electron chi connectivity index (χ3n) is 2.18. The number of aliphatic carboxylic acids is 2. The minimum atomic E-state index is -1.13. The van der Waals surface area contributed by atoms with Crippen molar-refractivity contribution in [3.8, 4) is 0 Å². The fraction of sp³-hybridized carbons (Fsp3) is 0.250. The van der Waals surface area contributed by atoms with E-state index < -0.39 is 25.0 Å². The lowest BCUT2D eigenvalue weighted by molar-refractivity contribution is -0.141. The first-order chi connectivity index (χ1) is 8.49. The van der Waals surface area contributed by atoms with Crippen molar-refractivity contribution in [2.45, 2.75) is 6.92 Å². The molecule has 2 N–H and O–H groups in total. The van der Waals surface area contributed by atoms with Gasteiger partial charge in [-0.05, 0) is 18.1 Å². The second-order valence-electron chi connectivity index (χ2n) is 3.71. The zero-order valence-electron chi connectivity index (χ0n) is 9.91. The molecule has 1 aromatic rings. The van der Waals surface area contributed by atoms with E-state index in [2.05, 4.69) is 5.10 Å². The molecule has 0 aromatic heterocycles. The summed E-state index contributed by atoms with van der Waals surface area (Å²) in [6.45, 7) is 0.990. The van der Waals surface area contributed by atoms with Gasteiger partial charge in [0.2, 0.25) is 0 Å². The molecule has 0 aliphatic heterocycles. The Balaban J connectivity index is 2.79. The summed E-state index contributed by atoms with van der Waals surface area (Å²) in [6, 6.07) is 7.41. The lowest BCUT2D eigenvalue weighted by Gasteiger charge is -2.13. The first-order valence-electron chi connectivity index (χ1n) is 5.27. The van der Waals surface area contributed by atoms with E-state index in [1.165, 1.54) is 6.21 Å². The number of rotatable bonds is 6. The van der Waals surface area contributed by atoms with Gasteiger partial charge in [0.15, 0.2) is 0 Å². The predicted molar refractivity (Wildman–Crippen MR) is 65.6 cm³/mol. The van der Waals surface area contributed by atoms with Gasteiger partial charge < -0.3 is 10.2 Å². The van der Waals surface area contributed by atoms with E-state index in [-0.39, 0.29) is 0 Å². The van der Waals surface area contributed by atoms with E-state index in [1.807, 2.05) is 31.2 Å². The van der Waals surface area contributed by atoms with Crippen LogP contribution in [0.1, 0.15) is 11.1 Å². The number of benzene rings is 1. The fourth-order valence-corrected chi connectivity index (χ4v) is 1.33. The predicted octanol–water partition coefficient (Wildman–Crippen LogP) is 0.800. The van der Waals surface area contributed by atoms with E-state index >= 15 is 0 Å². The number of carboxylic acid groups (broad SMARTS) is 2. The molecule has 0 heterocycles. The fourth-order valence-electron chi connectivity index (χ4n) is 1.33. The van der Waals surface area contributed by atoms with E-state index in [9.17, 15) is 9.59 Å². The van der Waals surface area contributed by atoms with Crippen LogP contribution in [0.3, 0.4) is 0 Å². The molecule has 0 fully saturated rings. The standard InChI is InChI=1S/C12H14N2O4/c1-9-4-2-3-5-10(9)6-13-14(7-11(15)16)8-12(17)18/h2-6H,7-8H2,1H3,(H,15,16)(H,17,18)/b13-6-. The average Bonchev–Trinajstić information content (AvgIpc) is 2.26. The van der Waals surface area contributed by atoms with Gasteiger partial charge in [-0.2, -0.15) is 5.10 Å². The maximum Gasteiger partial charge on any atom is 0.324 e. The molecule has 0 unspecified atom stereocenters. The summed E-state index contributed by atoms with van der Waals surface area (Å²) in [5.41, 5.74) is 1.80. The summed E-state index contributed by atoms with van der Waals surface area (Å²) in [6.07, 6.45) is 1.46. The Hall–Kier alpha value is -2.37. The highest BCUT2D eigenvalue weighted by molar-refractivity contribution is 5.81. The molecule has 1 aromatic carbocycles. The topological polar surface area (TPSA) is 90.2 Å². The van der Waals surface area contributed by atoms with Crippen molar-refractivity contribution in [1.82, 2.24) is 5.01 Å². The number of carboxylic acids is 2. The molecule has 0 saturated heterocycles. The van der Waals surface area contributed by atoms with Crippen LogP contribution in [0.2, 0.25) is 0 Å². The normalized spacial score (nSPS) is 10.5. The second kappa shape index (κ2) is 6.39. The smallest absolute Gasteiger partial charge is 0.324 e. The Labute approximate surface area is 104 Å². The lowest BCUT2D eigenvalue weighted by atomic mass is 10.1. The molecule has 18 heavy (non-hydrogen) atoms. The van der Waals surface area contributed by atoms with Crippen LogP contribution in [-0.2, 0) is 9.59 Å². The molecule has 0 spiro atoms. The largest absolute Gasteiger partial charge is 0.480 e. The number of hydrogen-bond donors (Lipinski definition) is 2. The first-order valence-corrected chi connectivity index (χ1v) is 5.27. The van der Waals surface area contributed by atoms with Crippen molar-refractivity contribution in [3.63, 3.8) is 0 Å². The molecule has 0 saturated carbocycles. The van der Waals surface area contributed by atoms with E-state index in [1.54, 1.807) is 0 Å². The van der Waals surface area contributed by atoms with Gasteiger partial charge in [0, 0.05) is 0 Å². The summed E-state index contributed by atoms with van der Waals surface area (Å²) in [4.78, 5) is 21.1. The highest BCUT2D eigenvalue weighted by Gasteiger charge is 2.10. The third kappa shape index (κ3) is 4.65. The van der Waals surface area contributed by atoms with Crippen LogP contribution in [0.5, 0.6) is 0 Å². The summed E-state index contributed by atoms with van der Waals surface area (Å²) in [5.74, 6) is -2.25. The Morgan fingerprint density at radius 3 is 2.28 bits per heavy atom. The van der Waals surface area contributed by atoms with Crippen molar-refractivity contribution >= 4 is 18.2 Å². The molecule has 0 bridgehead atoms. The van der Waals surface area contributed by atoms with Crippen LogP contribution < -0.4 is 0 Å². The summed E-state index contributed by atoms with van der Waals surface area (Å²) >= 11 is 0. The van der Waals surface area contributed by atoms with Gasteiger partial charge >= 0.3 is 11.9 Å². The van der Waals surface area contributed by atoms with Crippen molar-refractivity contribution in [2.75, 3.05) is 13.1 Å².